The number of thioether (sulfide) groups is 1. The Morgan fingerprint density at radius 3 is 2.90 bits per heavy atom. The standard InChI is InChI=1S/C22H18N2O5S2/c1-2-15-9-16-20(31-15)23-22(24(21(16)26)10-14-4-3-7-27-14)30-11-17(25)13-5-6-18-19(8-13)29-12-28-18/h3-9H,2,10-12H2,1H3. The van der Waals surface area contributed by atoms with E-state index in [1.807, 2.05) is 19.1 Å². The summed E-state index contributed by atoms with van der Waals surface area (Å²) in [5.41, 5.74) is 0.400. The molecule has 4 aromatic rings. The van der Waals surface area contributed by atoms with Crippen molar-refractivity contribution >= 4 is 39.1 Å². The van der Waals surface area contributed by atoms with Crippen LogP contribution in [0.15, 0.2) is 57.0 Å². The molecule has 9 heteroatoms. The minimum atomic E-state index is -0.129. The molecule has 1 aliphatic heterocycles. The van der Waals surface area contributed by atoms with E-state index in [4.69, 9.17) is 18.9 Å². The topological polar surface area (TPSA) is 83.6 Å². The Morgan fingerprint density at radius 2 is 2.10 bits per heavy atom. The Labute approximate surface area is 185 Å². The zero-order valence-electron chi connectivity index (χ0n) is 16.6. The molecule has 0 saturated carbocycles. The Bertz CT molecular complexity index is 1320. The van der Waals surface area contributed by atoms with Crippen LogP contribution >= 0.6 is 23.1 Å². The van der Waals surface area contributed by atoms with Gasteiger partial charge < -0.3 is 13.9 Å². The van der Waals surface area contributed by atoms with Crippen LogP contribution in [0.2, 0.25) is 0 Å². The average Bonchev–Trinajstić information content (AvgIpc) is 3.54. The Kier molecular flexibility index (Phi) is 5.29. The van der Waals surface area contributed by atoms with Crippen molar-refractivity contribution in [3.05, 3.63) is 69.2 Å². The van der Waals surface area contributed by atoms with Crippen LogP contribution in [-0.2, 0) is 13.0 Å². The highest BCUT2D eigenvalue weighted by molar-refractivity contribution is 7.99. The van der Waals surface area contributed by atoms with E-state index in [-0.39, 0.29) is 30.4 Å². The summed E-state index contributed by atoms with van der Waals surface area (Å²) in [5.74, 6) is 1.91. The van der Waals surface area contributed by atoms with E-state index in [0.717, 1.165) is 11.3 Å². The molecule has 0 atom stereocenters. The van der Waals surface area contributed by atoms with Gasteiger partial charge in [-0.2, -0.15) is 0 Å². The van der Waals surface area contributed by atoms with Crippen molar-refractivity contribution < 1.29 is 18.7 Å². The molecular formula is C22H18N2O5S2. The first-order valence-corrected chi connectivity index (χ1v) is 11.5. The molecule has 7 nitrogen and oxygen atoms in total. The predicted octanol–water partition coefficient (Wildman–Crippen LogP) is 4.37. The molecule has 0 spiro atoms. The van der Waals surface area contributed by atoms with Gasteiger partial charge in [0.25, 0.3) is 5.56 Å². The first-order valence-electron chi connectivity index (χ1n) is 9.73. The maximum absolute atomic E-state index is 13.2. The van der Waals surface area contributed by atoms with E-state index in [0.29, 0.717) is 38.2 Å². The van der Waals surface area contributed by atoms with E-state index >= 15 is 0 Å². The Hall–Kier alpha value is -3.04. The van der Waals surface area contributed by atoms with Crippen LogP contribution in [0, 0.1) is 0 Å². The van der Waals surface area contributed by atoms with Crippen LogP contribution in [0.25, 0.3) is 10.2 Å². The molecule has 0 bridgehead atoms. The fraction of sp³-hybridized carbons (Fsp3) is 0.227. The van der Waals surface area contributed by atoms with Crippen LogP contribution in [0.3, 0.4) is 0 Å². The second-order valence-corrected chi connectivity index (χ2v) is 8.99. The van der Waals surface area contributed by atoms with E-state index in [1.54, 1.807) is 35.1 Å². The van der Waals surface area contributed by atoms with Gasteiger partial charge in [-0.3, -0.25) is 14.2 Å². The van der Waals surface area contributed by atoms with Crippen LogP contribution in [-0.4, -0.2) is 27.9 Å². The molecule has 5 rings (SSSR count). The summed E-state index contributed by atoms with van der Waals surface area (Å²) in [5, 5.41) is 1.09. The third kappa shape index (κ3) is 3.86. The Balaban J connectivity index is 1.46. The van der Waals surface area contributed by atoms with Gasteiger partial charge >= 0.3 is 0 Å². The molecule has 31 heavy (non-hydrogen) atoms. The second kappa shape index (κ2) is 8.24. The summed E-state index contributed by atoms with van der Waals surface area (Å²) in [4.78, 5) is 32.5. The molecule has 0 unspecified atom stereocenters. The molecule has 1 aliphatic rings. The highest BCUT2D eigenvalue weighted by atomic mass is 32.2. The molecule has 0 aliphatic carbocycles. The molecular weight excluding hydrogens is 436 g/mol. The molecule has 0 saturated heterocycles. The van der Waals surface area contributed by atoms with Gasteiger partial charge in [-0.05, 0) is 42.8 Å². The Morgan fingerprint density at radius 1 is 1.23 bits per heavy atom. The molecule has 3 aromatic heterocycles. The number of benzene rings is 1. The number of nitrogens with zero attached hydrogens (tertiary/aromatic N) is 2. The lowest BCUT2D eigenvalue weighted by atomic mass is 10.1. The second-order valence-electron chi connectivity index (χ2n) is 6.93. The van der Waals surface area contributed by atoms with E-state index in [2.05, 4.69) is 0 Å². The van der Waals surface area contributed by atoms with Gasteiger partial charge in [0.2, 0.25) is 6.79 Å². The van der Waals surface area contributed by atoms with Crippen molar-refractivity contribution in [2.75, 3.05) is 12.5 Å². The first-order chi connectivity index (χ1) is 15.1. The smallest absolute Gasteiger partial charge is 0.263 e. The largest absolute Gasteiger partial charge is 0.467 e. The number of ether oxygens (including phenoxy) is 2. The average molecular weight is 455 g/mol. The first kappa shape index (κ1) is 19.9. The van der Waals surface area contributed by atoms with Crippen LogP contribution in [0.5, 0.6) is 11.5 Å². The van der Waals surface area contributed by atoms with E-state index in [1.165, 1.54) is 23.1 Å². The van der Waals surface area contributed by atoms with Crippen molar-refractivity contribution in [3.8, 4) is 11.5 Å². The minimum absolute atomic E-state index is 0.0809. The number of furan rings is 1. The fourth-order valence-corrected chi connectivity index (χ4v) is 5.21. The lowest BCUT2D eigenvalue weighted by Crippen LogP contribution is -2.23. The highest BCUT2D eigenvalue weighted by Crippen LogP contribution is 2.33. The molecule has 4 heterocycles. The van der Waals surface area contributed by atoms with Crippen LogP contribution in [0.1, 0.15) is 27.9 Å². The van der Waals surface area contributed by atoms with Gasteiger partial charge in [0.1, 0.15) is 10.6 Å². The monoisotopic (exact) mass is 454 g/mol. The number of aromatic nitrogens is 2. The number of carbonyl (C=O) groups excluding carboxylic acids is 1. The molecule has 0 fully saturated rings. The number of thiophene rings is 1. The van der Waals surface area contributed by atoms with Crippen molar-refractivity contribution in [2.24, 2.45) is 0 Å². The number of Topliss-reactive ketones (excluding diaryl/α,β-unsaturated/α-hetero) is 1. The van der Waals surface area contributed by atoms with Gasteiger partial charge in [0.15, 0.2) is 22.4 Å². The molecule has 0 amide bonds. The number of rotatable bonds is 7. The van der Waals surface area contributed by atoms with Crippen molar-refractivity contribution in [1.29, 1.82) is 0 Å². The quantitative estimate of drug-likeness (QED) is 0.233. The number of fused-ring (bicyclic) bond motifs is 2. The lowest BCUT2D eigenvalue weighted by molar-refractivity contribution is 0.102. The number of hydrogen-bond acceptors (Lipinski definition) is 8. The summed E-state index contributed by atoms with van der Waals surface area (Å²) in [6, 6.07) is 10.6. The predicted molar refractivity (Wildman–Crippen MR) is 119 cm³/mol. The molecule has 0 N–H and O–H groups in total. The zero-order chi connectivity index (χ0) is 21.4. The van der Waals surface area contributed by atoms with Crippen LogP contribution < -0.4 is 15.0 Å². The summed E-state index contributed by atoms with van der Waals surface area (Å²) < 4.78 is 17.7. The number of aryl methyl sites for hydroxylation is 1. The van der Waals surface area contributed by atoms with Crippen LogP contribution in [0.4, 0.5) is 0 Å². The van der Waals surface area contributed by atoms with E-state index < -0.39 is 0 Å². The summed E-state index contributed by atoms with van der Waals surface area (Å²) in [6.45, 7) is 2.46. The fourth-order valence-electron chi connectivity index (χ4n) is 3.31. The van der Waals surface area contributed by atoms with Gasteiger partial charge in [-0.15, -0.1) is 11.3 Å². The molecule has 158 valence electrons. The number of ketones is 1. The third-order valence-corrected chi connectivity index (χ3v) is 7.09. The summed E-state index contributed by atoms with van der Waals surface area (Å²) >= 11 is 2.76. The van der Waals surface area contributed by atoms with Gasteiger partial charge in [0.05, 0.1) is 23.9 Å². The van der Waals surface area contributed by atoms with Crippen molar-refractivity contribution in [2.45, 2.75) is 25.0 Å². The SMILES string of the molecule is CCc1cc2c(=O)n(Cc3ccco3)c(SCC(=O)c3ccc4c(c3)OCO4)nc2s1. The summed E-state index contributed by atoms with van der Waals surface area (Å²) in [6.07, 6.45) is 2.41. The molecule has 0 radical (unpaired) electrons. The zero-order valence-corrected chi connectivity index (χ0v) is 18.3. The maximum atomic E-state index is 13.2. The van der Waals surface area contributed by atoms with Crippen molar-refractivity contribution in [1.82, 2.24) is 9.55 Å². The van der Waals surface area contributed by atoms with Gasteiger partial charge in [-0.1, -0.05) is 18.7 Å². The summed E-state index contributed by atoms with van der Waals surface area (Å²) in [7, 11) is 0. The number of carbonyl (C=O) groups is 1. The highest BCUT2D eigenvalue weighted by Gasteiger charge is 2.19. The van der Waals surface area contributed by atoms with Gasteiger partial charge in [-0.25, -0.2) is 4.98 Å². The lowest BCUT2D eigenvalue weighted by Gasteiger charge is -2.10. The van der Waals surface area contributed by atoms with E-state index in [9.17, 15) is 9.59 Å². The van der Waals surface area contributed by atoms with Crippen molar-refractivity contribution in [3.63, 3.8) is 0 Å². The van der Waals surface area contributed by atoms with Gasteiger partial charge in [0, 0.05) is 10.4 Å². The number of hydrogen-bond donors (Lipinski definition) is 0. The third-order valence-electron chi connectivity index (χ3n) is 4.94. The molecule has 1 aromatic carbocycles. The maximum Gasteiger partial charge on any atom is 0.263 e. The normalized spacial score (nSPS) is 12.5. The minimum Gasteiger partial charge on any atom is -0.467 e.